The molecule has 6 nitrogen and oxygen atoms in total. The van der Waals surface area contributed by atoms with Crippen LogP contribution in [0.4, 0.5) is 5.95 Å². The molecule has 1 spiro atoms. The van der Waals surface area contributed by atoms with Crippen LogP contribution in [0.2, 0.25) is 0 Å². The molecule has 2 fully saturated rings. The van der Waals surface area contributed by atoms with Crippen LogP contribution in [-0.2, 0) is 9.53 Å². The lowest BCUT2D eigenvalue weighted by Crippen LogP contribution is -2.52. The molecule has 0 saturated carbocycles. The van der Waals surface area contributed by atoms with Crippen molar-refractivity contribution in [3.05, 3.63) is 60.4 Å². The first kappa shape index (κ1) is 18.6. The van der Waals surface area contributed by atoms with Gasteiger partial charge in [-0.3, -0.25) is 4.79 Å². The van der Waals surface area contributed by atoms with Crippen molar-refractivity contribution in [2.24, 2.45) is 0 Å². The second kappa shape index (κ2) is 8.52. The Labute approximate surface area is 165 Å². The Morgan fingerprint density at radius 1 is 1.07 bits per heavy atom. The lowest BCUT2D eigenvalue weighted by atomic mass is 9.90. The average molecular weight is 378 g/mol. The summed E-state index contributed by atoms with van der Waals surface area (Å²) in [6, 6.07) is 12.0. The van der Waals surface area contributed by atoms with Gasteiger partial charge in [-0.15, -0.1) is 0 Å². The highest BCUT2D eigenvalue weighted by Crippen LogP contribution is 2.31. The third-order valence-corrected chi connectivity index (χ3v) is 5.50. The molecule has 2 aromatic rings. The summed E-state index contributed by atoms with van der Waals surface area (Å²) in [5.41, 5.74) is 0.879. The number of benzene rings is 1. The van der Waals surface area contributed by atoms with Crippen molar-refractivity contribution in [1.29, 1.82) is 0 Å². The summed E-state index contributed by atoms with van der Waals surface area (Å²) in [5, 5.41) is 0. The smallest absolute Gasteiger partial charge is 0.225 e. The van der Waals surface area contributed by atoms with Gasteiger partial charge in [-0.25, -0.2) is 9.97 Å². The lowest BCUT2D eigenvalue weighted by Gasteiger charge is -2.42. The summed E-state index contributed by atoms with van der Waals surface area (Å²) in [5.74, 6) is 0.938. The van der Waals surface area contributed by atoms with Gasteiger partial charge in [-0.1, -0.05) is 42.5 Å². The standard InChI is InChI=1S/C22H26N4O2/c27-20-9-17-28-22(10-15-25(16-11-22)21-23-12-5-13-24-21)18-26(20)14-4-8-19-6-2-1-3-7-19/h1-8,12-13H,9-11,14-18H2. The number of anilines is 1. The fraction of sp³-hybridized carbons (Fsp3) is 0.409. The maximum Gasteiger partial charge on any atom is 0.225 e. The number of carbonyl (C=O) groups is 1. The van der Waals surface area contributed by atoms with Crippen LogP contribution >= 0.6 is 0 Å². The van der Waals surface area contributed by atoms with E-state index in [-0.39, 0.29) is 11.5 Å². The maximum atomic E-state index is 12.6. The summed E-state index contributed by atoms with van der Waals surface area (Å²) in [6.45, 7) is 3.44. The molecule has 1 aromatic carbocycles. The zero-order chi connectivity index (χ0) is 19.2. The molecular weight excluding hydrogens is 352 g/mol. The predicted molar refractivity (Wildman–Crippen MR) is 109 cm³/mol. The fourth-order valence-electron chi connectivity index (χ4n) is 3.91. The molecule has 146 valence electrons. The number of hydrogen-bond acceptors (Lipinski definition) is 5. The van der Waals surface area contributed by atoms with Gasteiger partial charge in [-0.05, 0) is 24.5 Å². The Hall–Kier alpha value is -2.73. The fourth-order valence-corrected chi connectivity index (χ4v) is 3.91. The molecule has 0 unspecified atom stereocenters. The van der Waals surface area contributed by atoms with Gasteiger partial charge in [-0.2, -0.15) is 0 Å². The van der Waals surface area contributed by atoms with E-state index in [0.29, 0.717) is 26.1 Å². The van der Waals surface area contributed by atoms with E-state index in [4.69, 9.17) is 4.74 Å². The first-order chi connectivity index (χ1) is 13.7. The molecule has 6 heteroatoms. The molecule has 2 aliphatic heterocycles. The van der Waals surface area contributed by atoms with E-state index in [0.717, 1.165) is 37.4 Å². The molecule has 0 atom stereocenters. The topological polar surface area (TPSA) is 58.6 Å². The summed E-state index contributed by atoms with van der Waals surface area (Å²) < 4.78 is 6.23. The van der Waals surface area contributed by atoms with Crippen LogP contribution in [0.25, 0.3) is 6.08 Å². The van der Waals surface area contributed by atoms with Gasteiger partial charge in [0.05, 0.1) is 25.2 Å². The van der Waals surface area contributed by atoms with Gasteiger partial charge in [0.2, 0.25) is 11.9 Å². The van der Waals surface area contributed by atoms with E-state index in [1.165, 1.54) is 0 Å². The number of rotatable bonds is 4. The van der Waals surface area contributed by atoms with E-state index in [9.17, 15) is 4.79 Å². The number of aromatic nitrogens is 2. The molecule has 3 heterocycles. The minimum Gasteiger partial charge on any atom is -0.372 e. The van der Waals surface area contributed by atoms with Crippen molar-refractivity contribution in [1.82, 2.24) is 14.9 Å². The van der Waals surface area contributed by atoms with Crippen LogP contribution in [-0.4, -0.2) is 59.2 Å². The molecular formula is C22H26N4O2. The summed E-state index contributed by atoms with van der Waals surface area (Å²) in [7, 11) is 0. The Balaban J connectivity index is 1.39. The number of hydrogen-bond donors (Lipinski definition) is 0. The largest absolute Gasteiger partial charge is 0.372 e. The maximum absolute atomic E-state index is 12.6. The number of piperidine rings is 1. The van der Waals surface area contributed by atoms with Crippen molar-refractivity contribution in [2.75, 3.05) is 37.7 Å². The van der Waals surface area contributed by atoms with E-state index in [1.54, 1.807) is 12.4 Å². The van der Waals surface area contributed by atoms with Gasteiger partial charge in [0.15, 0.2) is 0 Å². The molecule has 2 saturated heterocycles. The van der Waals surface area contributed by atoms with Crippen molar-refractivity contribution in [2.45, 2.75) is 24.9 Å². The molecule has 1 amide bonds. The quantitative estimate of drug-likeness (QED) is 0.819. The van der Waals surface area contributed by atoms with Gasteiger partial charge < -0.3 is 14.5 Å². The average Bonchev–Trinajstić information content (AvgIpc) is 2.89. The highest BCUT2D eigenvalue weighted by atomic mass is 16.5. The Morgan fingerprint density at radius 3 is 2.57 bits per heavy atom. The Bertz CT molecular complexity index is 802. The highest BCUT2D eigenvalue weighted by Gasteiger charge is 2.40. The zero-order valence-corrected chi connectivity index (χ0v) is 16.0. The van der Waals surface area contributed by atoms with Crippen LogP contribution in [0.1, 0.15) is 24.8 Å². The Morgan fingerprint density at radius 2 is 1.82 bits per heavy atom. The zero-order valence-electron chi connectivity index (χ0n) is 16.0. The second-order valence-corrected chi connectivity index (χ2v) is 7.40. The number of carbonyl (C=O) groups excluding carboxylic acids is 1. The van der Waals surface area contributed by atoms with E-state index < -0.39 is 0 Å². The first-order valence-corrected chi connectivity index (χ1v) is 9.89. The van der Waals surface area contributed by atoms with Crippen LogP contribution in [0, 0.1) is 0 Å². The van der Waals surface area contributed by atoms with Crippen LogP contribution in [0.3, 0.4) is 0 Å². The first-order valence-electron chi connectivity index (χ1n) is 9.89. The van der Waals surface area contributed by atoms with Crippen LogP contribution in [0.15, 0.2) is 54.9 Å². The van der Waals surface area contributed by atoms with Crippen molar-refractivity contribution in [3.63, 3.8) is 0 Å². The van der Waals surface area contributed by atoms with Crippen molar-refractivity contribution in [3.8, 4) is 0 Å². The predicted octanol–water partition coefficient (Wildman–Crippen LogP) is 2.78. The highest BCUT2D eigenvalue weighted by molar-refractivity contribution is 5.77. The van der Waals surface area contributed by atoms with Crippen LogP contribution < -0.4 is 4.90 Å². The summed E-state index contributed by atoms with van der Waals surface area (Å²) >= 11 is 0. The van der Waals surface area contributed by atoms with E-state index in [1.807, 2.05) is 29.2 Å². The van der Waals surface area contributed by atoms with Gasteiger partial charge in [0, 0.05) is 32.0 Å². The monoisotopic (exact) mass is 378 g/mol. The second-order valence-electron chi connectivity index (χ2n) is 7.40. The SMILES string of the molecule is O=C1CCOC2(CCN(c3ncccn3)CC2)CN1CC=Cc1ccccc1. The molecule has 0 bridgehead atoms. The number of amides is 1. The summed E-state index contributed by atoms with van der Waals surface area (Å²) in [4.78, 5) is 25.4. The molecule has 0 N–H and O–H groups in total. The Kier molecular flexibility index (Phi) is 5.67. The van der Waals surface area contributed by atoms with E-state index >= 15 is 0 Å². The van der Waals surface area contributed by atoms with E-state index in [2.05, 4.69) is 39.2 Å². The minimum atomic E-state index is -0.266. The molecule has 0 radical (unpaired) electrons. The normalized spacial score (nSPS) is 19.9. The third-order valence-electron chi connectivity index (χ3n) is 5.50. The lowest BCUT2D eigenvalue weighted by molar-refractivity contribution is -0.130. The molecule has 2 aliphatic rings. The van der Waals surface area contributed by atoms with Gasteiger partial charge in [0.1, 0.15) is 0 Å². The minimum absolute atomic E-state index is 0.170. The molecule has 0 aliphatic carbocycles. The third kappa shape index (κ3) is 4.39. The van der Waals surface area contributed by atoms with Gasteiger partial charge in [0.25, 0.3) is 0 Å². The molecule has 1 aromatic heterocycles. The summed E-state index contributed by atoms with van der Waals surface area (Å²) in [6.07, 6.45) is 9.88. The van der Waals surface area contributed by atoms with Crippen molar-refractivity contribution < 1.29 is 9.53 Å². The molecule has 4 rings (SSSR count). The van der Waals surface area contributed by atoms with Gasteiger partial charge >= 0.3 is 0 Å². The number of nitrogens with zero attached hydrogens (tertiary/aromatic N) is 4. The van der Waals surface area contributed by atoms with Crippen molar-refractivity contribution >= 4 is 17.9 Å². The number of ether oxygens (including phenoxy) is 1. The van der Waals surface area contributed by atoms with Crippen LogP contribution in [0.5, 0.6) is 0 Å². The molecule has 28 heavy (non-hydrogen) atoms.